The first-order valence-electron chi connectivity index (χ1n) is 4.33. The zero-order chi connectivity index (χ0) is 10.6. The summed E-state index contributed by atoms with van der Waals surface area (Å²) >= 11 is 3.36. The van der Waals surface area contributed by atoms with Crippen LogP contribution < -0.4 is 11.1 Å². The molecule has 3 N–H and O–H groups in total. The van der Waals surface area contributed by atoms with Gasteiger partial charge in [0, 0.05) is 17.1 Å². The van der Waals surface area contributed by atoms with Crippen molar-refractivity contribution in [3.63, 3.8) is 0 Å². The average Bonchev–Trinajstić information content (AvgIpc) is 2.18. The van der Waals surface area contributed by atoms with E-state index in [1.54, 1.807) is 6.07 Å². The van der Waals surface area contributed by atoms with Gasteiger partial charge in [0.2, 0.25) is 0 Å². The second kappa shape index (κ2) is 4.99. The summed E-state index contributed by atoms with van der Waals surface area (Å²) in [5.41, 5.74) is 6.94. The van der Waals surface area contributed by atoms with E-state index >= 15 is 0 Å². The van der Waals surface area contributed by atoms with Gasteiger partial charge >= 0.3 is 0 Å². The van der Waals surface area contributed by atoms with Gasteiger partial charge in [-0.25, -0.2) is 0 Å². The van der Waals surface area contributed by atoms with E-state index in [9.17, 15) is 0 Å². The number of nitrogens with zero attached hydrogens (tertiary/aromatic N) is 1. The standard InChI is InChI=1S/C10H12BrN3/c1-7(5-12)14-10-4-9(11)3-2-8(10)6-13/h2-4,7,14H,5,12H2,1H3. The van der Waals surface area contributed by atoms with Crippen LogP contribution in [-0.2, 0) is 0 Å². The number of nitrogens with one attached hydrogen (secondary N) is 1. The number of anilines is 1. The van der Waals surface area contributed by atoms with Crippen LogP contribution in [0.2, 0.25) is 0 Å². The zero-order valence-electron chi connectivity index (χ0n) is 7.92. The first kappa shape index (κ1) is 11.0. The molecule has 0 saturated heterocycles. The van der Waals surface area contributed by atoms with Crippen molar-refractivity contribution in [3.05, 3.63) is 28.2 Å². The monoisotopic (exact) mass is 253 g/mol. The Kier molecular flexibility index (Phi) is 3.93. The van der Waals surface area contributed by atoms with Crippen molar-refractivity contribution in [3.8, 4) is 6.07 Å². The van der Waals surface area contributed by atoms with E-state index in [1.807, 2.05) is 19.1 Å². The molecule has 0 bridgehead atoms. The second-order valence-corrected chi connectivity index (χ2v) is 4.00. The summed E-state index contributed by atoms with van der Waals surface area (Å²) in [6, 6.07) is 7.79. The van der Waals surface area contributed by atoms with Gasteiger partial charge in [0.15, 0.2) is 0 Å². The molecular weight excluding hydrogens is 242 g/mol. The third-order valence-electron chi connectivity index (χ3n) is 1.86. The van der Waals surface area contributed by atoms with Gasteiger partial charge in [0.05, 0.1) is 11.3 Å². The fourth-order valence-electron chi connectivity index (χ4n) is 1.06. The molecule has 0 spiro atoms. The highest BCUT2D eigenvalue weighted by atomic mass is 79.9. The average molecular weight is 254 g/mol. The quantitative estimate of drug-likeness (QED) is 0.868. The van der Waals surface area contributed by atoms with Gasteiger partial charge in [-0.05, 0) is 25.1 Å². The lowest BCUT2D eigenvalue weighted by Crippen LogP contribution is -2.25. The van der Waals surface area contributed by atoms with Crippen LogP contribution in [0.3, 0.4) is 0 Å². The van der Waals surface area contributed by atoms with Crippen molar-refractivity contribution in [2.75, 3.05) is 11.9 Å². The molecule has 1 atom stereocenters. The second-order valence-electron chi connectivity index (χ2n) is 3.08. The molecular formula is C10H12BrN3. The lowest BCUT2D eigenvalue weighted by atomic mass is 10.2. The van der Waals surface area contributed by atoms with Crippen LogP contribution in [0.15, 0.2) is 22.7 Å². The highest BCUT2D eigenvalue weighted by Crippen LogP contribution is 2.21. The molecule has 74 valence electrons. The van der Waals surface area contributed by atoms with Crippen molar-refractivity contribution in [2.24, 2.45) is 5.73 Å². The van der Waals surface area contributed by atoms with Crippen LogP contribution in [0.5, 0.6) is 0 Å². The largest absolute Gasteiger partial charge is 0.380 e. The van der Waals surface area contributed by atoms with Crippen LogP contribution >= 0.6 is 15.9 Å². The van der Waals surface area contributed by atoms with Gasteiger partial charge in [-0.2, -0.15) is 5.26 Å². The fourth-order valence-corrected chi connectivity index (χ4v) is 1.42. The number of halogens is 1. The van der Waals surface area contributed by atoms with Crippen LogP contribution in [0.1, 0.15) is 12.5 Å². The lowest BCUT2D eigenvalue weighted by molar-refractivity contribution is 0.803. The molecule has 1 aromatic rings. The summed E-state index contributed by atoms with van der Waals surface area (Å²) in [5, 5.41) is 12.0. The van der Waals surface area contributed by atoms with Crippen molar-refractivity contribution < 1.29 is 0 Å². The number of hydrogen-bond acceptors (Lipinski definition) is 3. The van der Waals surface area contributed by atoms with Crippen molar-refractivity contribution >= 4 is 21.6 Å². The van der Waals surface area contributed by atoms with Crippen LogP contribution in [0, 0.1) is 11.3 Å². The predicted molar refractivity (Wildman–Crippen MR) is 61.0 cm³/mol. The Morgan fingerprint density at radius 1 is 1.64 bits per heavy atom. The number of hydrogen-bond donors (Lipinski definition) is 2. The number of benzene rings is 1. The van der Waals surface area contributed by atoms with Crippen molar-refractivity contribution in [1.29, 1.82) is 5.26 Å². The van der Waals surface area contributed by atoms with E-state index in [-0.39, 0.29) is 6.04 Å². The van der Waals surface area contributed by atoms with Gasteiger partial charge < -0.3 is 11.1 Å². The third-order valence-corrected chi connectivity index (χ3v) is 2.35. The predicted octanol–water partition coefficient (Wildman–Crippen LogP) is 2.08. The molecule has 14 heavy (non-hydrogen) atoms. The normalized spacial score (nSPS) is 11.9. The van der Waals surface area contributed by atoms with E-state index in [4.69, 9.17) is 11.0 Å². The molecule has 0 radical (unpaired) electrons. The summed E-state index contributed by atoms with van der Waals surface area (Å²) in [5.74, 6) is 0. The van der Waals surface area contributed by atoms with E-state index in [0.717, 1.165) is 10.2 Å². The number of nitriles is 1. The van der Waals surface area contributed by atoms with Crippen LogP contribution in [0.4, 0.5) is 5.69 Å². The fraction of sp³-hybridized carbons (Fsp3) is 0.300. The lowest BCUT2D eigenvalue weighted by Gasteiger charge is -2.14. The molecule has 1 rings (SSSR count). The molecule has 0 aliphatic rings. The van der Waals surface area contributed by atoms with Gasteiger partial charge in [-0.3, -0.25) is 0 Å². The Labute approximate surface area is 92.0 Å². The third kappa shape index (κ3) is 2.72. The molecule has 3 nitrogen and oxygen atoms in total. The summed E-state index contributed by atoms with van der Waals surface area (Å²) < 4.78 is 0.947. The molecule has 1 aromatic carbocycles. The smallest absolute Gasteiger partial charge is 0.101 e. The highest BCUT2D eigenvalue weighted by molar-refractivity contribution is 9.10. The molecule has 0 aliphatic heterocycles. The topological polar surface area (TPSA) is 61.8 Å². The van der Waals surface area contributed by atoms with E-state index < -0.39 is 0 Å². The molecule has 4 heteroatoms. The number of nitrogens with two attached hydrogens (primary N) is 1. The minimum absolute atomic E-state index is 0.163. The molecule has 0 heterocycles. The SMILES string of the molecule is CC(CN)Nc1cc(Br)ccc1C#N. The van der Waals surface area contributed by atoms with Gasteiger partial charge in [0.25, 0.3) is 0 Å². The van der Waals surface area contributed by atoms with Gasteiger partial charge in [-0.1, -0.05) is 15.9 Å². The molecule has 1 unspecified atom stereocenters. The summed E-state index contributed by atoms with van der Waals surface area (Å²) in [4.78, 5) is 0. The first-order valence-corrected chi connectivity index (χ1v) is 5.13. The van der Waals surface area contributed by atoms with Crippen LogP contribution in [0.25, 0.3) is 0 Å². The Bertz CT molecular complexity index is 357. The minimum atomic E-state index is 0.163. The molecule has 0 saturated carbocycles. The minimum Gasteiger partial charge on any atom is -0.380 e. The van der Waals surface area contributed by atoms with Crippen molar-refractivity contribution in [2.45, 2.75) is 13.0 Å². The number of rotatable bonds is 3. The maximum Gasteiger partial charge on any atom is 0.101 e. The molecule has 0 aliphatic carbocycles. The Morgan fingerprint density at radius 3 is 2.93 bits per heavy atom. The Hall–Kier alpha value is -1.05. The van der Waals surface area contributed by atoms with E-state index in [1.165, 1.54) is 0 Å². The summed E-state index contributed by atoms with van der Waals surface area (Å²) in [6.07, 6.45) is 0. The molecule has 0 amide bonds. The van der Waals surface area contributed by atoms with Gasteiger partial charge in [-0.15, -0.1) is 0 Å². The highest BCUT2D eigenvalue weighted by Gasteiger charge is 2.05. The maximum atomic E-state index is 8.86. The molecule has 0 aromatic heterocycles. The van der Waals surface area contributed by atoms with Gasteiger partial charge in [0.1, 0.15) is 6.07 Å². The zero-order valence-corrected chi connectivity index (χ0v) is 9.51. The summed E-state index contributed by atoms with van der Waals surface area (Å²) in [6.45, 7) is 2.51. The Morgan fingerprint density at radius 2 is 2.36 bits per heavy atom. The van der Waals surface area contributed by atoms with E-state index in [2.05, 4.69) is 27.3 Å². The summed E-state index contributed by atoms with van der Waals surface area (Å²) in [7, 11) is 0. The van der Waals surface area contributed by atoms with E-state index in [0.29, 0.717) is 12.1 Å². The maximum absolute atomic E-state index is 8.86. The molecule has 0 fully saturated rings. The first-order chi connectivity index (χ1) is 6.67. The van der Waals surface area contributed by atoms with Crippen molar-refractivity contribution in [1.82, 2.24) is 0 Å². The van der Waals surface area contributed by atoms with Crippen LogP contribution in [-0.4, -0.2) is 12.6 Å². The Balaban J connectivity index is 2.94.